The summed E-state index contributed by atoms with van der Waals surface area (Å²) >= 11 is 0. The first-order valence-corrected chi connectivity index (χ1v) is 5.24. The van der Waals surface area contributed by atoms with Gasteiger partial charge in [0.05, 0.1) is 5.60 Å². The van der Waals surface area contributed by atoms with E-state index in [0.717, 1.165) is 32.1 Å². The van der Waals surface area contributed by atoms with Crippen LogP contribution in [0.25, 0.3) is 0 Å². The topological polar surface area (TPSA) is 35.5 Å². The SMILES string of the molecule is CC1CNCC(N2CC(C)(O)C2)C1. The predicted molar refractivity (Wildman–Crippen MR) is 52.6 cm³/mol. The van der Waals surface area contributed by atoms with Crippen molar-refractivity contribution in [1.29, 1.82) is 0 Å². The van der Waals surface area contributed by atoms with Crippen molar-refractivity contribution >= 4 is 0 Å². The van der Waals surface area contributed by atoms with Gasteiger partial charge in [0.2, 0.25) is 0 Å². The highest BCUT2D eigenvalue weighted by Gasteiger charge is 2.40. The van der Waals surface area contributed by atoms with Gasteiger partial charge in [0.25, 0.3) is 0 Å². The quantitative estimate of drug-likeness (QED) is 0.604. The Morgan fingerprint density at radius 2 is 2.08 bits per heavy atom. The highest BCUT2D eigenvalue weighted by atomic mass is 16.3. The molecule has 13 heavy (non-hydrogen) atoms. The van der Waals surface area contributed by atoms with Crippen molar-refractivity contribution in [3.05, 3.63) is 0 Å². The second-order valence-corrected chi connectivity index (χ2v) is 5.05. The average molecular weight is 184 g/mol. The number of likely N-dealkylation sites (tertiary alicyclic amines) is 1. The summed E-state index contributed by atoms with van der Waals surface area (Å²) in [5.41, 5.74) is -0.416. The van der Waals surface area contributed by atoms with Crippen LogP contribution >= 0.6 is 0 Å². The molecule has 2 aliphatic rings. The Morgan fingerprint density at radius 3 is 2.62 bits per heavy atom. The molecule has 0 saturated carbocycles. The number of aliphatic hydroxyl groups is 1. The summed E-state index contributed by atoms with van der Waals surface area (Å²) in [6.07, 6.45) is 1.28. The van der Waals surface area contributed by atoms with E-state index in [1.165, 1.54) is 6.42 Å². The number of hydrogen-bond acceptors (Lipinski definition) is 3. The second-order valence-electron chi connectivity index (χ2n) is 5.05. The lowest BCUT2D eigenvalue weighted by Gasteiger charge is -2.50. The fourth-order valence-corrected chi connectivity index (χ4v) is 2.49. The van der Waals surface area contributed by atoms with Gasteiger partial charge in [0.1, 0.15) is 0 Å². The van der Waals surface area contributed by atoms with Gasteiger partial charge in [0, 0.05) is 25.7 Å². The molecule has 3 heteroatoms. The van der Waals surface area contributed by atoms with Crippen LogP contribution in [0.5, 0.6) is 0 Å². The monoisotopic (exact) mass is 184 g/mol. The van der Waals surface area contributed by atoms with E-state index in [2.05, 4.69) is 17.1 Å². The van der Waals surface area contributed by atoms with Crippen molar-refractivity contribution in [2.24, 2.45) is 5.92 Å². The van der Waals surface area contributed by atoms with E-state index in [1.807, 2.05) is 6.92 Å². The van der Waals surface area contributed by atoms with E-state index in [0.29, 0.717) is 6.04 Å². The molecule has 2 rings (SSSR count). The fraction of sp³-hybridized carbons (Fsp3) is 1.00. The summed E-state index contributed by atoms with van der Waals surface area (Å²) in [5, 5.41) is 13.1. The van der Waals surface area contributed by atoms with Gasteiger partial charge < -0.3 is 10.4 Å². The van der Waals surface area contributed by atoms with E-state index < -0.39 is 5.60 Å². The Morgan fingerprint density at radius 1 is 1.38 bits per heavy atom. The molecular formula is C10H20N2O. The summed E-state index contributed by atoms with van der Waals surface area (Å²) in [7, 11) is 0. The zero-order chi connectivity index (χ0) is 9.47. The van der Waals surface area contributed by atoms with Gasteiger partial charge in [-0.15, -0.1) is 0 Å². The lowest BCUT2D eigenvalue weighted by Crippen LogP contribution is -2.65. The van der Waals surface area contributed by atoms with Gasteiger partial charge in [-0.2, -0.15) is 0 Å². The first-order valence-electron chi connectivity index (χ1n) is 5.24. The molecular weight excluding hydrogens is 164 g/mol. The van der Waals surface area contributed by atoms with E-state index in [-0.39, 0.29) is 0 Å². The number of nitrogens with zero attached hydrogens (tertiary/aromatic N) is 1. The Labute approximate surface area is 80.1 Å². The molecule has 2 unspecified atom stereocenters. The van der Waals surface area contributed by atoms with Crippen molar-refractivity contribution in [1.82, 2.24) is 10.2 Å². The number of β-amino-alcohol motifs (C(OH)–C–C–N with tert-alkyl or cyclic N) is 1. The van der Waals surface area contributed by atoms with Crippen LogP contribution in [0.3, 0.4) is 0 Å². The minimum absolute atomic E-state index is 0.416. The lowest BCUT2D eigenvalue weighted by atomic mass is 9.89. The Bertz CT molecular complexity index is 185. The first-order chi connectivity index (χ1) is 6.07. The normalized spacial score (nSPS) is 39.9. The molecule has 0 aromatic carbocycles. The molecule has 2 heterocycles. The van der Waals surface area contributed by atoms with Crippen molar-refractivity contribution < 1.29 is 5.11 Å². The Kier molecular flexibility index (Phi) is 2.34. The van der Waals surface area contributed by atoms with Gasteiger partial charge in [0.15, 0.2) is 0 Å². The molecule has 76 valence electrons. The molecule has 0 spiro atoms. The summed E-state index contributed by atoms with van der Waals surface area (Å²) in [5.74, 6) is 0.782. The fourth-order valence-electron chi connectivity index (χ4n) is 2.49. The maximum absolute atomic E-state index is 9.62. The molecule has 0 bridgehead atoms. The predicted octanol–water partition coefficient (Wildman–Crippen LogP) is 0.0510. The molecule has 0 amide bonds. The van der Waals surface area contributed by atoms with Crippen LogP contribution in [0.4, 0.5) is 0 Å². The van der Waals surface area contributed by atoms with Gasteiger partial charge in [-0.3, -0.25) is 4.90 Å². The Hall–Kier alpha value is -0.120. The van der Waals surface area contributed by atoms with E-state index >= 15 is 0 Å². The van der Waals surface area contributed by atoms with Crippen molar-refractivity contribution in [2.75, 3.05) is 26.2 Å². The third-order valence-corrected chi connectivity index (χ3v) is 3.15. The van der Waals surface area contributed by atoms with Gasteiger partial charge in [-0.05, 0) is 25.8 Å². The maximum Gasteiger partial charge on any atom is 0.0872 e. The van der Waals surface area contributed by atoms with Crippen molar-refractivity contribution in [3.63, 3.8) is 0 Å². The molecule has 2 atom stereocenters. The van der Waals surface area contributed by atoms with Crippen LogP contribution in [0.1, 0.15) is 20.3 Å². The molecule has 2 aliphatic heterocycles. The standard InChI is InChI=1S/C10H20N2O/c1-8-3-9(5-11-4-8)12-6-10(2,13)7-12/h8-9,11,13H,3-7H2,1-2H3. The van der Waals surface area contributed by atoms with Crippen molar-refractivity contribution in [3.8, 4) is 0 Å². The largest absolute Gasteiger partial charge is 0.388 e. The summed E-state index contributed by atoms with van der Waals surface area (Å²) in [6.45, 7) is 8.17. The Balaban J connectivity index is 1.82. The van der Waals surface area contributed by atoms with Crippen LogP contribution < -0.4 is 5.32 Å². The summed E-state index contributed by atoms with van der Waals surface area (Å²) in [6, 6.07) is 0.656. The smallest absolute Gasteiger partial charge is 0.0872 e. The van der Waals surface area contributed by atoms with E-state index in [4.69, 9.17) is 0 Å². The molecule has 3 nitrogen and oxygen atoms in total. The number of hydrogen-bond donors (Lipinski definition) is 2. The van der Waals surface area contributed by atoms with Crippen LogP contribution in [0.2, 0.25) is 0 Å². The average Bonchev–Trinajstić information content (AvgIpc) is 2.00. The molecule has 0 aliphatic carbocycles. The minimum Gasteiger partial charge on any atom is -0.388 e. The molecule has 0 radical (unpaired) electrons. The van der Waals surface area contributed by atoms with Crippen LogP contribution in [-0.4, -0.2) is 47.8 Å². The molecule has 2 N–H and O–H groups in total. The molecule has 2 saturated heterocycles. The van der Waals surface area contributed by atoms with Gasteiger partial charge in [-0.1, -0.05) is 6.92 Å². The zero-order valence-corrected chi connectivity index (χ0v) is 8.58. The molecule has 0 aromatic rings. The highest BCUT2D eigenvalue weighted by molar-refractivity contribution is 4.96. The van der Waals surface area contributed by atoms with Crippen LogP contribution in [0, 0.1) is 5.92 Å². The van der Waals surface area contributed by atoms with E-state index in [1.54, 1.807) is 0 Å². The molecule has 0 aromatic heterocycles. The third kappa shape index (κ3) is 2.03. The number of nitrogens with one attached hydrogen (secondary N) is 1. The lowest BCUT2D eigenvalue weighted by molar-refractivity contribution is -0.107. The number of rotatable bonds is 1. The van der Waals surface area contributed by atoms with E-state index in [9.17, 15) is 5.11 Å². The van der Waals surface area contributed by atoms with Crippen LogP contribution in [-0.2, 0) is 0 Å². The minimum atomic E-state index is -0.416. The molecule has 2 fully saturated rings. The summed E-state index contributed by atoms with van der Waals surface area (Å²) in [4.78, 5) is 2.39. The first kappa shape index (κ1) is 9.44. The van der Waals surface area contributed by atoms with Crippen LogP contribution in [0.15, 0.2) is 0 Å². The zero-order valence-electron chi connectivity index (χ0n) is 8.58. The summed E-state index contributed by atoms with van der Waals surface area (Å²) < 4.78 is 0. The van der Waals surface area contributed by atoms with Gasteiger partial charge in [-0.25, -0.2) is 0 Å². The number of piperidine rings is 1. The highest BCUT2D eigenvalue weighted by Crippen LogP contribution is 2.26. The van der Waals surface area contributed by atoms with Crippen molar-refractivity contribution in [2.45, 2.75) is 31.9 Å². The second kappa shape index (κ2) is 3.23. The van der Waals surface area contributed by atoms with Gasteiger partial charge >= 0.3 is 0 Å². The maximum atomic E-state index is 9.62. The third-order valence-electron chi connectivity index (χ3n) is 3.15.